The lowest BCUT2D eigenvalue weighted by Crippen LogP contribution is -2.23. The van der Waals surface area contributed by atoms with Crippen molar-refractivity contribution >= 4 is 59.4 Å². The second kappa shape index (κ2) is 12.5. The molecule has 0 saturated carbocycles. The van der Waals surface area contributed by atoms with Crippen LogP contribution in [0.2, 0.25) is 0 Å². The Kier molecular flexibility index (Phi) is 9.91. The van der Waals surface area contributed by atoms with Gasteiger partial charge in [-0.25, -0.2) is 0 Å². The van der Waals surface area contributed by atoms with Gasteiger partial charge in [0.15, 0.2) is 5.78 Å². The molecule has 3 aromatic rings. The number of benzene rings is 3. The van der Waals surface area contributed by atoms with Crippen molar-refractivity contribution in [1.82, 2.24) is 0 Å². The molecule has 0 spiro atoms. The summed E-state index contributed by atoms with van der Waals surface area (Å²) in [5, 5.41) is 2.58. The fraction of sp³-hybridized carbons (Fsp3) is 0.231. The van der Waals surface area contributed by atoms with Crippen molar-refractivity contribution in [2.24, 2.45) is 0 Å². The number of carbonyl (C=O) groups excluding carboxylic acids is 2. The molecule has 1 amide bonds. The fourth-order valence-electron chi connectivity index (χ4n) is 3.73. The molecule has 3 aromatic carbocycles. The second-order valence-corrected chi connectivity index (χ2v) is 11.8. The van der Waals surface area contributed by atoms with Crippen LogP contribution in [0, 0.1) is 0 Å². The van der Waals surface area contributed by atoms with Crippen LogP contribution in [0.5, 0.6) is 0 Å². The molecule has 0 bridgehead atoms. The van der Waals surface area contributed by atoms with Crippen molar-refractivity contribution in [3.05, 3.63) is 97.9 Å². The minimum Gasteiger partial charge on any atom is -0.326 e. The molecule has 1 atom stereocenters. The number of halogens is 5. The first-order chi connectivity index (χ1) is 17.7. The summed E-state index contributed by atoms with van der Waals surface area (Å²) in [4.78, 5) is 25.6. The zero-order valence-corrected chi connectivity index (χ0v) is 23.6. The van der Waals surface area contributed by atoms with Gasteiger partial charge in [0, 0.05) is 26.6 Å². The number of ketones is 1. The Bertz CT molecular complexity index is 1410. The summed E-state index contributed by atoms with van der Waals surface area (Å²) in [6.07, 6.45) is -4.48. The minimum atomic E-state index is -4.60. The Hall–Kier alpha value is -2.54. The minimum absolute atomic E-state index is 0.00141. The number of amides is 1. The SMILES string of the molecule is O=C(CCCS(=O)(=O)O)c1ccc(CC(C(=O)Nc2ccc(Br)c(C(F)(F)F)c2)c2ccc(Br)cc2)cc1. The van der Waals surface area contributed by atoms with E-state index < -0.39 is 39.4 Å². The summed E-state index contributed by atoms with van der Waals surface area (Å²) >= 11 is 6.23. The maximum absolute atomic E-state index is 13.3. The van der Waals surface area contributed by atoms with Gasteiger partial charge < -0.3 is 5.32 Å². The van der Waals surface area contributed by atoms with Crippen LogP contribution in [0.25, 0.3) is 0 Å². The average Bonchev–Trinajstić information content (AvgIpc) is 2.83. The van der Waals surface area contributed by atoms with Gasteiger partial charge >= 0.3 is 6.18 Å². The van der Waals surface area contributed by atoms with E-state index in [1.165, 1.54) is 12.1 Å². The first-order valence-electron chi connectivity index (χ1n) is 11.2. The van der Waals surface area contributed by atoms with Crippen LogP contribution in [0.4, 0.5) is 18.9 Å². The Morgan fingerprint density at radius 1 is 0.947 bits per heavy atom. The molecule has 0 aliphatic heterocycles. The normalized spacial score (nSPS) is 12.7. The van der Waals surface area contributed by atoms with E-state index in [9.17, 15) is 31.2 Å². The van der Waals surface area contributed by atoms with Crippen LogP contribution >= 0.6 is 31.9 Å². The van der Waals surface area contributed by atoms with Gasteiger partial charge in [0.25, 0.3) is 10.1 Å². The predicted molar refractivity (Wildman–Crippen MR) is 145 cm³/mol. The molecule has 0 heterocycles. The lowest BCUT2D eigenvalue weighted by molar-refractivity contribution is -0.138. The molecule has 0 saturated heterocycles. The van der Waals surface area contributed by atoms with Crippen molar-refractivity contribution in [3.8, 4) is 0 Å². The smallest absolute Gasteiger partial charge is 0.326 e. The standard InChI is InChI=1S/C26H22Br2F3NO5S/c27-19-9-7-17(8-10-19)21(25(34)32-20-11-12-23(28)22(15-20)26(29,30)31)14-16-3-5-18(6-4-16)24(33)2-1-13-38(35,36)37/h3-12,15,21H,1-2,13-14H2,(H,32,34)(H,35,36,37). The lowest BCUT2D eigenvalue weighted by Gasteiger charge is -2.19. The number of rotatable bonds is 10. The van der Waals surface area contributed by atoms with Gasteiger partial charge in [0.05, 0.1) is 17.2 Å². The van der Waals surface area contributed by atoms with E-state index in [0.717, 1.165) is 10.5 Å². The zero-order chi connectivity index (χ0) is 28.1. The summed E-state index contributed by atoms with van der Waals surface area (Å²) in [5.74, 6) is -2.06. The number of alkyl halides is 3. The zero-order valence-electron chi connectivity index (χ0n) is 19.6. The summed E-state index contributed by atoms with van der Waals surface area (Å²) in [6.45, 7) is 0. The molecular formula is C26H22Br2F3NO5S. The molecular weight excluding hydrogens is 655 g/mol. The summed E-state index contributed by atoms with van der Waals surface area (Å²) < 4.78 is 71.1. The lowest BCUT2D eigenvalue weighted by atomic mass is 9.90. The van der Waals surface area contributed by atoms with Gasteiger partial charge in [-0.2, -0.15) is 21.6 Å². The highest BCUT2D eigenvalue weighted by Crippen LogP contribution is 2.36. The number of nitrogens with one attached hydrogen (secondary N) is 1. The quantitative estimate of drug-likeness (QED) is 0.177. The largest absolute Gasteiger partial charge is 0.417 e. The van der Waals surface area contributed by atoms with Gasteiger partial charge in [0.2, 0.25) is 5.91 Å². The van der Waals surface area contributed by atoms with Crippen molar-refractivity contribution in [3.63, 3.8) is 0 Å². The molecule has 0 radical (unpaired) electrons. The molecule has 0 fully saturated rings. The molecule has 12 heteroatoms. The number of anilines is 1. The van der Waals surface area contributed by atoms with E-state index in [4.69, 9.17) is 4.55 Å². The molecule has 0 aromatic heterocycles. The van der Waals surface area contributed by atoms with Gasteiger partial charge in [-0.3, -0.25) is 14.1 Å². The van der Waals surface area contributed by atoms with Gasteiger partial charge in [-0.1, -0.05) is 68.3 Å². The topological polar surface area (TPSA) is 101 Å². The summed E-state index contributed by atoms with van der Waals surface area (Å²) in [7, 11) is -4.15. The monoisotopic (exact) mass is 675 g/mol. The molecule has 38 heavy (non-hydrogen) atoms. The van der Waals surface area contributed by atoms with Crippen LogP contribution < -0.4 is 5.32 Å². The van der Waals surface area contributed by atoms with Gasteiger partial charge in [0.1, 0.15) is 0 Å². The summed E-state index contributed by atoms with van der Waals surface area (Å²) in [5.41, 5.74) is 0.785. The van der Waals surface area contributed by atoms with Crippen LogP contribution in [-0.2, 0) is 27.5 Å². The van der Waals surface area contributed by atoms with Crippen LogP contribution in [0.3, 0.4) is 0 Å². The third kappa shape index (κ3) is 8.75. The van der Waals surface area contributed by atoms with Gasteiger partial charge in [-0.15, -0.1) is 0 Å². The van der Waals surface area contributed by atoms with E-state index in [1.54, 1.807) is 48.5 Å². The Labute approximate surface area is 234 Å². The van der Waals surface area contributed by atoms with Gasteiger partial charge in [-0.05, 0) is 54.3 Å². The van der Waals surface area contributed by atoms with E-state index >= 15 is 0 Å². The first kappa shape index (κ1) is 30.0. The van der Waals surface area contributed by atoms with E-state index in [-0.39, 0.29) is 35.2 Å². The highest BCUT2D eigenvalue weighted by molar-refractivity contribution is 9.10. The number of hydrogen-bond acceptors (Lipinski definition) is 4. The van der Waals surface area contributed by atoms with E-state index in [0.29, 0.717) is 16.7 Å². The van der Waals surface area contributed by atoms with Crippen LogP contribution in [0.1, 0.15) is 45.8 Å². The predicted octanol–water partition coefficient (Wildman–Crippen LogP) is 7.05. The Morgan fingerprint density at radius 3 is 2.16 bits per heavy atom. The Balaban J connectivity index is 1.80. The molecule has 0 aliphatic rings. The van der Waals surface area contributed by atoms with Crippen molar-refractivity contribution < 1.29 is 35.7 Å². The molecule has 202 valence electrons. The van der Waals surface area contributed by atoms with Crippen molar-refractivity contribution in [1.29, 1.82) is 0 Å². The van der Waals surface area contributed by atoms with Crippen molar-refractivity contribution in [2.75, 3.05) is 11.1 Å². The van der Waals surface area contributed by atoms with Crippen LogP contribution in [0.15, 0.2) is 75.7 Å². The van der Waals surface area contributed by atoms with Crippen LogP contribution in [-0.4, -0.2) is 30.4 Å². The molecule has 0 aliphatic carbocycles. The highest BCUT2D eigenvalue weighted by atomic mass is 79.9. The maximum atomic E-state index is 13.3. The fourth-order valence-corrected chi connectivity index (χ4v) is 4.97. The molecule has 6 nitrogen and oxygen atoms in total. The average molecular weight is 677 g/mol. The first-order valence-corrected chi connectivity index (χ1v) is 14.4. The second-order valence-electron chi connectivity index (χ2n) is 8.50. The molecule has 2 N–H and O–H groups in total. The van der Waals surface area contributed by atoms with E-state index in [1.807, 2.05) is 0 Å². The third-order valence-electron chi connectivity index (χ3n) is 5.65. The number of carbonyl (C=O) groups is 2. The molecule has 1 unspecified atom stereocenters. The number of Topliss-reactive ketones (excluding diaryl/α,β-unsaturated/α-hetero) is 1. The maximum Gasteiger partial charge on any atom is 0.417 e. The van der Waals surface area contributed by atoms with E-state index in [2.05, 4.69) is 37.2 Å². The highest BCUT2D eigenvalue weighted by Gasteiger charge is 2.33. The third-order valence-corrected chi connectivity index (χ3v) is 7.67. The Morgan fingerprint density at radius 2 is 1.58 bits per heavy atom. The number of hydrogen-bond donors (Lipinski definition) is 2. The van der Waals surface area contributed by atoms with Crippen molar-refractivity contribution in [2.45, 2.75) is 31.4 Å². The molecule has 3 rings (SSSR count). The summed E-state index contributed by atoms with van der Waals surface area (Å²) in [6, 6.07) is 16.9.